The van der Waals surface area contributed by atoms with Crippen LogP contribution in [-0.4, -0.2) is 10.9 Å². The second-order valence-corrected chi connectivity index (χ2v) is 6.53. The molecule has 0 fully saturated rings. The van der Waals surface area contributed by atoms with Crippen LogP contribution in [0, 0.1) is 0 Å². The number of carbonyl (C=O) groups is 1. The molecule has 136 valence electrons. The molecule has 1 heterocycles. The summed E-state index contributed by atoms with van der Waals surface area (Å²) in [7, 11) is 0. The van der Waals surface area contributed by atoms with Gasteiger partial charge in [0.25, 0.3) is 5.91 Å². The van der Waals surface area contributed by atoms with Gasteiger partial charge in [-0.2, -0.15) is 26.3 Å². The molecular formula is C15H12F6N2OS. The van der Waals surface area contributed by atoms with Crippen molar-refractivity contribution < 1.29 is 31.1 Å². The molecule has 25 heavy (non-hydrogen) atoms. The second kappa shape index (κ2) is 6.66. The van der Waals surface area contributed by atoms with Gasteiger partial charge in [-0.25, -0.2) is 4.98 Å². The smallest absolute Gasteiger partial charge is 0.298 e. The highest BCUT2D eigenvalue weighted by molar-refractivity contribution is 7.15. The summed E-state index contributed by atoms with van der Waals surface area (Å²) < 4.78 is 76.9. The van der Waals surface area contributed by atoms with E-state index in [2.05, 4.69) is 10.3 Å². The molecule has 0 saturated carbocycles. The van der Waals surface area contributed by atoms with E-state index in [4.69, 9.17) is 0 Å². The fourth-order valence-electron chi connectivity index (χ4n) is 1.87. The Labute approximate surface area is 142 Å². The Hall–Kier alpha value is -2.10. The maximum absolute atomic E-state index is 12.8. The van der Waals surface area contributed by atoms with Crippen molar-refractivity contribution in [2.45, 2.75) is 32.1 Å². The van der Waals surface area contributed by atoms with Crippen molar-refractivity contribution in [3.8, 4) is 0 Å². The highest BCUT2D eigenvalue weighted by atomic mass is 32.1. The van der Waals surface area contributed by atoms with Gasteiger partial charge in [-0.1, -0.05) is 13.8 Å². The van der Waals surface area contributed by atoms with Crippen molar-refractivity contribution in [1.82, 2.24) is 4.98 Å². The number of thiazole rings is 1. The van der Waals surface area contributed by atoms with E-state index in [0.717, 1.165) is 16.2 Å². The molecule has 1 N–H and O–H groups in total. The molecule has 0 aliphatic rings. The van der Waals surface area contributed by atoms with Crippen LogP contribution in [0.2, 0.25) is 0 Å². The SMILES string of the molecule is CC(C)c1cnc(NC(=O)c2cc(C(F)(F)F)cc(C(F)(F)F)c2)s1. The zero-order valence-corrected chi connectivity index (χ0v) is 13.7. The standard InChI is InChI=1S/C15H12F6N2OS/c1-7(2)11-6-22-13(25-11)23-12(24)8-3-9(14(16,17)18)5-10(4-8)15(19,20)21/h3-7H,1-2H3,(H,22,23,24). The van der Waals surface area contributed by atoms with Gasteiger partial charge in [0.05, 0.1) is 11.1 Å². The monoisotopic (exact) mass is 382 g/mol. The molecule has 2 aromatic rings. The summed E-state index contributed by atoms with van der Waals surface area (Å²) in [6.45, 7) is 3.75. The molecule has 0 aliphatic carbocycles. The van der Waals surface area contributed by atoms with Crippen LogP contribution in [0.15, 0.2) is 24.4 Å². The minimum absolute atomic E-state index is 0.0307. The summed E-state index contributed by atoms with van der Waals surface area (Å²) in [5.74, 6) is -0.977. The minimum atomic E-state index is -5.01. The van der Waals surface area contributed by atoms with Crippen LogP contribution in [-0.2, 0) is 12.4 Å². The minimum Gasteiger partial charge on any atom is -0.298 e. The van der Waals surface area contributed by atoms with Crippen LogP contribution in [0.5, 0.6) is 0 Å². The highest BCUT2D eigenvalue weighted by Gasteiger charge is 2.37. The number of hydrogen-bond donors (Lipinski definition) is 1. The van der Waals surface area contributed by atoms with Crippen LogP contribution in [0.3, 0.4) is 0 Å². The molecule has 0 unspecified atom stereocenters. The Morgan fingerprint density at radius 2 is 1.56 bits per heavy atom. The van der Waals surface area contributed by atoms with E-state index in [-0.39, 0.29) is 17.1 Å². The van der Waals surface area contributed by atoms with E-state index in [1.54, 1.807) is 0 Å². The Bertz CT molecular complexity index is 747. The number of hydrogen-bond acceptors (Lipinski definition) is 3. The number of alkyl halides is 6. The van der Waals surface area contributed by atoms with Crippen molar-refractivity contribution in [3.63, 3.8) is 0 Å². The summed E-state index contributed by atoms with van der Waals surface area (Å²) in [6, 6.07) is 0.722. The van der Waals surface area contributed by atoms with Crippen LogP contribution < -0.4 is 5.32 Å². The molecule has 10 heteroatoms. The summed E-state index contributed by atoms with van der Waals surface area (Å²) in [4.78, 5) is 16.8. The zero-order valence-electron chi connectivity index (χ0n) is 12.9. The first kappa shape index (κ1) is 19.2. The van der Waals surface area contributed by atoms with Gasteiger partial charge in [0.1, 0.15) is 0 Å². The van der Waals surface area contributed by atoms with Crippen LogP contribution in [0.1, 0.15) is 46.1 Å². The number of aromatic nitrogens is 1. The maximum atomic E-state index is 12.8. The third-order valence-electron chi connectivity index (χ3n) is 3.16. The number of benzene rings is 1. The number of anilines is 1. The molecular weight excluding hydrogens is 370 g/mol. The lowest BCUT2D eigenvalue weighted by Gasteiger charge is -2.13. The average molecular weight is 382 g/mol. The van der Waals surface area contributed by atoms with Crippen molar-refractivity contribution in [2.75, 3.05) is 5.32 Å². The van der Waals surface area contributed by atoms with Gasteiger partial charge in [-0.3, -0.25) is 10.1 Å². The van der Waals surface area contributed by atoms with Crippen molar-refractivity contribution in [2.24, 2.45) is 0 Å². The quantitative estimate of drug-likeness (QED) is 0.707. The Kier molecular flexibility index (Phi) is 5.12. The van der Waals surface area contributed by atoms with Gasteiger partial charge < -0.3 is 0 Å². The molecule has 0 saturated heterocycles. The first-order valence-corrected chi connectivity index (χ1v) is 7.76. The van der Waals surface area contributed by atoms with Crippen LogP contribution >= 0.6 is 11.3 Å². The first-order chi connectivity index (χ1) is 11.4. The van der Waals surface area contributed by atoms with E-state index >= 15 is 0 Å². The fraction of sp³-hybridized carbons (Fsp3) is 0.333. The van der Waals surface area contributed by atoms with Gasteiger partial charge in [-0.05, 0) is 24.1 Å². The summed E-state index contributed by atoms with van der Waals surface area (Å²) in [6.07, 6.45) is -8.54. The topological polar surface area (TPSA) is 42.0 Å². The van der Waals surface area contributed by atoms with Crippen molar-refractivity contribution in [1.29, 1.82) is 0 Å². The van der Waals surface area contributed by atoms with E-state index < -0.39 is 35.0 Å². The first-order valence-electron chi connectivity index (χ1n) is 6.94. The largest absolute Gasteiger partial charge is 0.416 e. The number of rotatable bonds is 3. The van der Waals surface area contributed by atoms with Crippen LogP contribution in [0.4, 0.5) is 31.5 Å². The lowest BCUT2D eigenvalue weighted by Crippen LogP contribution is -2.17. The van der Waals surface area contributed by atoms with Crippen molar-refractivity contribution in [3.05, 3.63) is 46.0 Å². The van der Waals surface area contributed by atoms with Gasteiger partial charge in [0.2, 0.25) is 0 Å². The Morgan fingerprint density at radius 1 is 1.04 bits per heavy atom. The molecule has 1 aromatic heterocycles. The number of amides is 1. The molecule has 1 amide bonds. The molecule has 0 atom stereocenters. The van der Waals surface area contributed by atoms with Crippen LogP contribution in [0.25, 0.3) is 0 Å². The Morgan fingerprint density at radius 3 is 1.96 bits per heavy atom. The molecule has 3 nitrogen and oxygen atoms in total. The predicted octanol–water partition coefficient (Wildman–Crippen LogP) is 5.56. The van der Waals surface area contributed by atoms with E-state index in [9.17, 15) is 31.1 Å². The maximum Gasteiger partial charge on any atom is 0.416 e. The number of nitrogens with zero attached hydrogens (tertiary/aromatic N) is 1. The van der Waals surface area contributed by atoms with E-state index in [0.29, 0.717) is 12.1 Å². The van der Waals surface area contributed by atoms with Gasteiger partial charge in [0.15, 0.2) is 5.13 Å². The fourth-order valence-corrected chi connectivity index (χ4v) is 2.68. The molecule has 2 rings (SSSR count). The lowest BCUT2D eigenvalue weighted by molar-refractivity contribution is -0.143. The average Bonchev–Trinajstić information content (AvgIpc) is 2.93. The van der Waals surface area contributed by atoms with E-state index in [1.165, 1.54) is 6.20 Å². The summed E-state index contributed by atoms with van der Waals surface area (Å²) >= 11 is 1.10. The van der Waals surface area contributed by atoms with E-state index in [1.807, 2.05) is 13.8 Å². The molecule has 0 radical (unpaired) electrons. The van der Waals surface area contributed by atoms with Gasteiger partial charge in [0, 0.05) is 16.6 Å². The molecule has 0 aliphatic heterocycles. The normalized spacial score (nSPS) is 12.5. The summed E-state index contributed by atoms with van der Waals surface area (Å²) in [5, 5.41) is 2.32. The second-order valence-electron chi connectivity index (χ2n) is 5.47. The summed E-state index contributed by atoms with van der Waals surface area (Å²) in [5.41, 5.74) is -3.84. The molecule has 1 aromatic carbocycles. The molecule has 0 spiro atoms. The third-order valence-corrected chi connectivity index (χ3v) is 4.38. The third kappa shape index (κ3) is 4.71. The molecule has 0 bridgehead atoms. The van der Waals surface area contributed by atoms with Crippen molar-refractivity contribution >= 4 is 22.4 Å². The van der Waals surface area contributed by atoms with Gasteiger partial charge in [-0.15, -0.1) is 11.3 Å². The lowest BCUT2D eigenvalue weighted by atomic mass is 10.0. The highest BCUT2D eigenvalue weighted by Crippen LogP contribution is 2.36. The Balaban J connectivity index is 2.37. The number of nitrogens with one attached hydrogen (secondary N) is 1. The zero-order chi connectivity index (χ0) is 19.0. The predicted molar refractivity (Wildman–Crippen MR) is 80.6 cm³/mol. The van der Waals surface area contributed by atoms with Gasteiger partial charge >= 0.3 is 12.4 Å². The number of halogens is 6. The number of carbonyl (C=O) groups excluding carboxylic acids is 1.